The van der Waals surface area contributed by atoms with Gasteiger partial charge in [0.15, 0.2) is 0 Å². The van der Waals surface area contributed by atoms with Crippen molar-refractivity contribution in [3.8, 4) is 0 Å². The highest BCUT2D eigenvalue weighted by molar-refractivity contribution is 5.53. The molecule has 0 aliphatic carbocycles. The quantitative estimate of drug-likeness (QED) is 0.443. The Kier molecular flexibility index (Phi) is 7.94. The Balaban J connectivity index is 0. The molecule has 0 spiro atoms. The molecule has 12 heavy (non-hydrogen) atoms. The van der Waals surface area contributed by atoms with Gasteiger partial charge in [0, 0.05) is 7.11 Å². The van der Waals surface area contributed by atoms with Gasteiger partial charge in [0.2, 0.25) is 0 Å². The van der Waals surface area contributed by atoms with E-state index in [1.54, 1.807) is 0 Å². The normalized spacial score (nSPS) is 9.75. The van der Waals surface area contributed by atoms with Crippen molar-refractivity contribution in [1.29, 1.82) is 0 Å². The number of carbonyl (C=O) groups is 1. The van der Waals surface area contributed by atoms with Gasteiger partial charge < -0.3 is 19.1 Å². The molecule has 0 amide bonds. The summed E-state index contributed by atoms with van der Waals surface area (Å²) < 4.78 is 4.69. The second kappa shape index (κ2) is 6.91. The van der Waals surface area contributed by atoms with E-state index in [4.69, 9.17) is 9.90 Å². The molecule has 0 atom stereocenters. The summed E-state index contributed by atoms with van der Waals surface area (Å²) in [5, 5.41) is 9.03. The Labute approximate surface area is 74.3 Å². The lowest BCUT2D eigenvalue weighted by atomic mass is 10.5. The fourth-order valence-electron chi connectivity index (χ4n) is 0.224. The van der Waals surface area contributed by atoms with Crippen molar-refractivity contribution < 1.29 is 19.1 Å². The van der Waals surface area contributed by atoms with Crippen LogP contribution in [0.5, 0.6) is 0 Å². The standard InChI is InChI=1S/C6H16N.C2H4O3/c1-5-7(3,4)6-2;1-5-2(3)4/h5-6H2,1-4H3;1H3,(H,3,4)/q+1;/p-1. The van der Waals surface area contributed by atoms with E-state index >= 15 is 0 Å². The third-order valence-corrected chi connectivity index (χ3v) is 1.88. The topological polar surface area (TPSA) is 49.4 Å². The van der Waals surface area contributed by atoms with Crippen LogP contribution in [0.4, 0.5) is 4.79 Å². The molecule has 0 fully saturated rings. The van der Waals surface area contributed by atoms with Gasteiger partial charge in [0.05, 0.1) is 27.2 Å². The van der Waals surface area contributed by atoms with E-state index in [0.29, 0.717) is 0 Å². The van der Waals surface area contributed by atoms with Crippen LogP contribution in [-0.4, -0.2) is 44.9 Å². The van der Waals surface area contributed by atoms with Crippen LogP contribution in [0.2, 0.25) is 0 Å². The molecule has 0 heterocycles. The smallest absolute Gasteiger partial charge is 0.251 e. The van der Waals surface area contributed by atoms with E-state index in [2.05, 4.69) is 32.7 Å². The van der Waals surface area contributed by atoms with Crippen LogP contribution in [0.3, 0.4) is 0 Å². The molecule has 0 aliphatic rings. The van der Waals surface area contributed by atoms with Crippen molar-refractivity contribution in [2.45, 2.75) is 13.8 Å². The molecular weight excluding hydrogens is 158 g/mol. The highest BCUT2D eigenvalue weighted by Crippen LogP contribution is 1.91. The summed E-state index contributed by atoms with van der Waals surface area (Å²) in [5.41, 5.74) is 0. The van der Waals surface area contributed by atoms with Crippen molar-refractivity contribution in [2.24, 2.45) is 0 Å². The molecule has 0 unspecified atom stereocenters. The number of methoxy groups -OCH3 is 1. The summed E-state index contributed by atoms with van der Waals surface area (Å²) in [6.07, 6.45) is -1.50. The molecule has 0 aromatic heterocycles. The highest BCUT2D eigenvalue weighted by Gasteiger charge is 2.04. The number of hydrogen-bond donors (Lipinski definition) is 0. The predicted octanol–water partition coefficient (Wildman–Crippen LogP) is 0.0787. The van der Waals surface area contributed by atoms with Crippen molar-refractivity contribution >= 4 is 6.16 Å². The third kappa shape index (κ3) is 12.0. The highest BCUT2D eigenvalue weighted by atomic mass is 16.6. The van der Waals surface area contributed by atoms with Crippen molar-refractivity contribution in [3.05, 3.63) is 0 Å². The predicted molar refractivity (Wildman–Crippen MR) is 45.6 cm³/mol. The Morgan fingerprint density at radius 1 is 1.33 bits per heavy atom. The summed E-state index contributed by atoms with van der Waals surface area (Å²) in [6.45, 7) is 6.89. The van der Waals surface area contributed by atoms with E-state index < -0.39 is 6.16 Å². The maximum absolute atomic E-state index is 9.03. The lowest BCUT2D eigenvalue weighted by molar-refractivity contribution is -0.886. The van der Waals surface area contributed by atoms with Gasteiger partial charge in [0.1, 0.15) is 0 Å². The zero-order chi connectivity index (χ0) is 10.2. The summed E-state index contributed by atoms with van der Waals surface area (Å²) in [4.78, 5) is 9.03. The molecule has 74 valence electrons. The summed E-state index contributed by atoms with van der Waals surface area (Å²) in [6, 6.07) is 0. The second-order valence-corrected chi connectivity index (χ2v) is 3.02. The minimum atomic E-state index is -1.50. The number of carbonyl (C=O) groups excluding carboxylic acids is 1. The fourth-order valence-corrected chi connectivity index (χ4v) is 0.224. The van der Waals surface area contributed by atoms with E-state index in [0.717, 1.165) is 11.6 Å². The number of ether oxygens (including phenoxy) is 1. The summed E-state index contributed by atoms with van der Waals surface area (Å²) in [5.74, 6) is 0. The number of rotatable bonds is 2. The van der Waals surface area contributed by atoms with E-state index in [-0.39, 0.29) is 0 Å². The van der Waals surface area contributed by atoms with E-state index in [9.17, 15) is 0 Å². The molecule has 0 aromatic rings. The van der Waals surface area contributed by atoms with Gasteiger partial charge in [-0.1, -0.05) is 0 Å². The average molecular weight is 177 g/mol. The Hall–Kier alpha value is -0.770. The van der Waals surface area contributed by atoms with Crippen LogP contribution >= 0.6 is 0 Å². The molecule has 0 saturated heterocycles. The van der Waals surface area contributed by atoms with Gasteiger partial charge in [-0.3, -0.25) is 0 Å². The van der Waals surface area contributed by atoms with E-state index in [1.165, 1.54) is 13.1 Å². The molecule has 0 N–H and O–H groups in total. The van der Waals surface area contributed by atoms with Crippen molar-refractivity contribution in [3.63, 3.8) is 0 Å². The maximum Gasteiger partial charge on any atom is 0.251 e. The average Bonchev–Trinajstić information content (AvgIpc) is 2.05. The molecule has 0 bridgehead atoms. The fraction of sp³-hybridized carbons (Fsp3) is 0.875. The first-order chi connectivity index (χ1) is 5.39. The van der Waals surface area contributed by atoms with Gasteiger partial charge in [-0.25, -0.2) is 0 Å². The van der Waals surface area contributed by atoms with Crippen molar-refractivity contribution in [2.75, 3.05) is 34.3 Å². The Morgan fingerprint density at radius 2 is 1.58 bits per heavy atom. The molecule has 0 aromatic carbocycles. The first-order valence-corrected chi connectivity index (χ1v) is 3.96. The summed E-state index contributed by atoms with van der Waals surface area (Å²) >= 11 is 0. The van der Waals surface area contributed by atoms with Crippen LogP contribution in [0.15, 0.2) is 0 Å². The molecular formula is C8H19NO3. The Bertz CT molecular complexity index is 117. The maximum atomic E-state index is 9.03. The monoisotopic (exact) mass is 177 g/mol. The molecule has 4 nitrogen and oxygen atoms in total. The van der Waals surface area contributed by atoms with Gasteiger partial charge in [0.25, 0.3) is 6.16 Å². The zero-order valence-corrected chi connectivity index (χ0v) is 8.59. The molecule has 0 aliphatic heterocycles. The van der Waals surface area contributed by atoms with Crippen LogP contribution < -0.4 is 5.11 Å². The number of carboxylic acid groups (broad SMARTS) is 1. The molecule has 4 heteroatoms. The molecule has 0 radical (unpaired) electrons. The van der Waals surface area contributed by atoms with Crippen LogP contribution in [-0.2, 0) is 4.74 Å². The summed E-state index contributed by atoms with van der Waals surface area (Å²) in [7, 11) is 5.51. The van der Waals surface area contributed by atoms with E-state index in [1.807, 2.05) is 0 Å². The van der Waals surface area contributed by atoms with Crippen molar-refractivity contribution in [1.82, 2.24) is 0 Å². The largest absolute Gasteiger partial charge is 0.553 e. The van der Waals surface area contributed by atoms with Crippen LogP contribution in [0, 0.1) is 0 Å². The van der Waals surface area contributed by atoms with Gasteiger partial charge >= 0.3 is 0 Å². The second-order valence-electron chi connectivity index (χ2n) is 3.02. The van der Waals surface area contributed by atoms with Gasteiger partial charge in [-0.05, 0) is 13.8 Å². The van der Waals surface area contributed by atoms with Gasteiger partial charge in [-0.2, -0.15) is 0 Å². The van der Waals surface area contributed by atoms with Gasteiger partial charge in [-0.15, -0.1) is 0 Å². The Morgan fingerprint density at radius 3 is 1.58 bits per heavy atom. The molecule has 0 saturated carbocycles. The SMILES string of the molecule is CC[N+](C)(C)CC.COC(=O)[O-]. The van der Waals surface area contributed by atoms with Crippen LogP contribution in [0.1, 0.15) is 13.8 Å². The minimum Gasteiger partial charge on any atom is -0.553 e. The molecule has 0 rings (SSSR count). The number of quaternary nitrogens is 1. The number of nitrogens with zero attached hydrogens (tertiary/aromatic N) is 1. The first kappa shape index (κ1) is 13.8. The minimum absolute atomic E-state index is 1.04. The zero-order valence-electron chi connectivity index (χ0n) is 8.59. The lowest BCUT2D eigenvalue weighted by Gasteiger charge is -2.25. The first-order valence-electron chi connectivity index (χ1n) is 3.96. The van der Waals surface area contributed by atoms with Crippen LogP contribution in [0.25, 0.3) is 0 Å². The number of hydrogen-bond acceptors (Lipinski definition) is 3. The third-order valence-electron chi connectivity index (χ3n) is 1.88. The lowest BCUT2D eigenvalue weighted by Crippen LogP contribution is -2.38.